The number of aliphatic carboxylic acids is 1. The maximum atomic E-state index is 12.4. The van der Waals surface area contributed by atoms with Gasteiger partial charge < -0.3 is 21.7 Å². The van der Waals surface area contributed by atoms with E-state index in [1.54, 1.807) is 12.1 Å². The van der Waals surface area contributed by atoms with Crippen molar-refractivity contribution in [3.05, 3.63) is 71.3 Å². The summed E-state index contributed by atoms with van der Waals surface area (Å²) < 4.78 is 0. The van der Waals surface area contributed by atoms with E-state index in [4.69, 9.17) is 16.6 Å². The van der Waals surface area contributed by atoms with Crippen molar-refractivity contribution in [2.24, 2.45) is 10.9 Å². The number of aliphatic imine (C=N–C) groups is 1. The lowest BCUT2D eigenvalue weighted by Crippen LogP contribution is -2.21. The topological polar surface area (TPSA) is 165 Å². The van der Waals surface area contributed by atoms with Crippen molar-refractivity contribution in [2.45, 2.75) is 32.3 Å². The minimum absolute atomic E-state index is 0.00263. The van der Waals surface area contributed by atoms with Gasteiger partial charge in [-0.05, 0) is 61.6 Å². The third-order valence-electron chi connectivity index (χ3n) is 5.50. The molecule has 0 fully saturated rings. The van der Waals surface area contributed by atoms with E-state index in [9.17, 15) is 14.7 Å². The lowest BCUT2D eigenvalue weighted by Gasteiger charge is -2.14. The Labute approximate surface area is 196 Å². The zero-order valence-electron chi connectivity index (χ0n) is 18.8. The van der Waals surface area contributed by atoms with Gasteiger partial charge in [0.15, 0.2) is 0 Å². The fourth-order valence-electron chi connectivity index (χ4n) is 3.43. The highest BCUT2D eigenvalue weighted by atomic mass is 16.4. The second-order valence-corrected chi connectivity index (χ2v) is 8.12. The van der Waals surface area contributed by atoms with Gasteiger partial charge in [-0.25, -0.2) is 14.8 Å². The second-order valence-electron chi connectivity index (χ2n) is 8.12. The number of aliphatic hydroxyl groups is 1. The molecule has 6 N–H and O–H groups in total. The summed E-state index contributed by atoms with van der Waals surface area (Å²) in [7, 11) is 0. The van der Waals surface area contributed by atoms with Crippen molar-refractivity contribution in [3.8, 4) is 0 Å². The first-order chi connectivity index (χ1) is 16.1. The summed E-state index contributed by atoms with van der Waals surface area (Å²) in [6.45, 7) is 4.97. The fraction of sp³-hybridized carbons (Fsp3) is 0.240. The van der Waals surface area contributed by atoms with Crippen LogP contribution in [0.3, 0.4) is 0 Å². The van der Waals surface area contributed by atoms with Gasteiger partial charge in [-0.2, -0.15) is 4.98 Å². The molecule has 34 heavy (non-hydrogen) atoms. The zero-order chi connectivity index (χ0) is 24.8. The summed E-state index contributed by atoms with van der Waals surface area (Å²) in [6.07, 6.45) is 1.93. The van der Waals surface area contributed by atoms with Crippen molar-refractivity contribution in [2.75, 3.05) is 11.5 Å². The lowest BCUT2D eigenvalue weighted by molar-refractivity contribution is -0.132. The molecule has 9 nitrogen and oxygen atoms in total. The largest absolute Gasteiger partial charge is 0.478 e. The molecular weight excluding hydrogens is 434 g/mol. The van der Waals surface area contributed by atoms with Crippen molar-refractivity contribution < 1.29 is 19.8 Å². The van der Waals surface area contributed by atoms with Gasteiger partial charge in [0, 0.05) is 28.7 Å². The molecule has 0 bridgehead atoms. The van der Waals surface area contributed by atoms with E-state index < -0.39 is 23.9 Å². The standard InChI is InChI=1S/C25H27N5O4/c1-14(24(33)34)11-19(15(2)31)13-28-23(32)18-8-5-16(6-9-18)3-4-17-7-10-21-20(12-17)22(26)30-25(27)29-21/h5-10,12-13,15,19,31H,1,3-4,11H2,2H3,(H,33,34)(H4,26,27,29,30). The molecule has 3 aromatic rings. The molecule has 0 aliphatic carbocycles. The number of anilines is 2. The number of aromatic nitrogens is 2. The van der Waals surface area contributed by atoms with Crippen molar-refractivity contribution in [1.82, 2.24) is 9.97 Å². The van der Waals surface area contributed by atoms with E-state index in [-0.39, 0.29) is 17.9 Å². The summed E-state index contributed by atoms with van der Waals surface area (Å²) in [5.41, 5.74) is 14.7. The minimum Gasteiger partial charge on any atom is -0.478 e. The number of hydrogen-bond donors (Lipinski definition) is 4. The molecule has 2 atom stereocenters. The summed E-state index contributed by atoms with van der Waals surface area (Å²) in [5, 5.41) is 19.6. The number of aryl methyl sites for hydroxylation is 2. The monoisotopic (exact) mass is 461 g/mol. The number of nitrogen functional groups attached to an aromatic ring is 2. The predicted molar refractivity (Wildman–Crippen MR) is 132 cm³/mol. The predicted octanol–water partition coefficient (Wildman–Crippen LogP) is 2.82. The Bertz CT molecular complexity index is 1250. The molecule has 2 unspecified atom stereocenters. The molecule has 0 saturated heterocycles. The number of aliphatic hydroxyl groups excluding tert-OH is 1. The molecule has 1 heterocycles. The van der Waals surface area contributed by atoms with E-state index >= 15 is 0 Å². The van der Waals surface area contributed by atoms with Crippen LogP contribution in [0, 0.1) is 5.92 Å². The van der Waals surface area contributed by atoms with Crippen LogP contribution in [-0.2, 0) is 17.6 Å². The number of carboxylic acids is 1. The summed E-state index contributed by atoms with van der Waals surface area (Å²) in [4.78, 5) is 35.5. The minimum atomic E-state index is -1.15. The summed E-state index contributed by atoms with van der Waals surface area (Å²) >= 11 is 0. The van der Waals surface area contributed by atoms with Crippen LogP contribution in [0.5, 0.6) is 0 Å². The van der Waals surface area contributed by atoms with Gasteiger partial charge in [0.25, 0.3) is 5.91 Å². The number of rotatable bonds is 9. The Morgan fingerprint density at radius 2 is 1.74 bits per heavy atom. The van der Waals surface area contributed by atoms with Crippen molar-refractivity contribution >= 4 is 40.8 Å². The first-order valence-electron chi connectivity index (χ1n) is 10.7. The molecule has 2 aromatic carbocycles. The van der Waals surface area contributed by atoms with Crippen LogP contribution in [0.15, 0.2) is 59.6 Å². The highest BCUT2D eigenvalue weighted by Gasteiger charge is 2.18. The zero-order valence-corrected chi connectivity index (χ0v) is 18.8. The van der Waals surface area contributed by atoms with E-state index in [0.717, 1.165) is 29.4 Å². The van der Waals surface area contributed by atoms with Gasteiger partial charge in [-0.15, -0.1) is 0 Å². The van der Waals surface area contributed by atoms with Gasteiger partial charge >= 0.3 is 5.97 Å². The van der Waals surface area contributed by atoms with Crippen LogP contribution in [0.1, 0.15) is 34.8 Å². The van der Waals surface area contributed by atoms with Gasteiger partial charge in [0.05, 0.1) is 11.6 Å². The Kier molecular flexibility index (Phi) is 7.70. The summed E-state index contributed by atoms with van der Waals surface area (Å²) in [5.74, 6) is -1.75. The van der Waals surface area contributed by atoms with Gasteiger partial charge in [-0.1, -0.05) is 24.8 Å². The van der Waals surface area contributed by atoms with Gasteiger partial charge in [0.2, 0.25) is 5.95 Å². The third kappa shape index (κ3) is 6.23. The van der Waals surface area contributed by atoms with Crippen LogP contribution >= 0.6 is 0 Å². The molecule has 0 saturated carbocycles. The van der Waals surface area contributed by atoms with Crippen LogP contribution in [-0.4, -0.2) is 44.4 Å². The maximum Gasteiger partial charge on any atom is 0.330 e. The van der Waals surface area contributed by atoms with Crippen LogP contribution in [0.2, 0.25) is 0 Å². The highest BCUT2D eigenvalue weighted by molar-refractivity contribution is 5.99. The number of nitrogens with zero attached hydrogens (tertiary/aromatic N) is 3. The number of hydrogen-bond acceptors (Lipinski definition) is 7. The fourth-order valence-corrected chi connectivity index (χ4v) is 3.43. The van der Waals surface area contributed by atoms with Crippen molar-refractivity contribution in [1.29, 1.82) is 0 Å². The molecule has 1 amide bonds. The average Bonchev–Trinajstić information content (AvgIpc) is 2.80. The quantitative estimate of drug-likeness (QED) is 0.279. The molecule has 1 aromatic heterocycles. The van der Waals surface area contributed by atoms with E-state index in [1.165, 1.54) is 13.1 Å². The normalized spacial score (nSPS) is 13.1. The number of benzene rings is 2. The Morgan fingerprint density at radius 3 is 2.38 bits per heavy atom. The van der Waals surface area contributed by atoms with Crippen LogP contribution in [0.25, 0.3) is 10.9 Å². The van der Waals surface area contributed by atoms with Crippen LogP contribution < -0.4 is 11.5 Å². The Hall–Kier alpha value is -4.11. The number of nitrogens with two attached hydrogens (primary N) is 2. The first kappa shape index (κ1) is 24.5. The third-order valence-corrected chi connectivity index (χ3v) is 5.50. The molecular formula is C25H27N5O4. The molecule has 0 aliphatic rings. The highest BCUT2D eigenvalue weighted by Crippen LogP contribution is 2.21. The second kappa shape index (κ2) is 10.7. The van der Waals surface area contributed by atoms with Gasteiger partial charge in [0.1, 0.15) is 5.82 Å². The number of carbonyl (C=O) groups excluding carboxylic acids is 1. The van der Waals surface area contributed by atoms with E-state index in [2.05, 4.69) is 21.5 Å². The molecule has 176 valence electrons. The van der Waals surface area contributed by atoms with E-state index in [0.29, 0.717) is 16.9 Å². The molecule has 0 spiro atoms. The first-order valence-corrected chi connectivity index (χ1v) is 10.7. The molecule has 0 aliphatic heterocycles. The number of carboxylic acid groups (broad SMARTS) is 1. The molecule has 9 heteroatoms. The maximum absolute atomic E-state index is 12.4. The summed E-state index contributed by atoms with van der Waals surface area (Å²) in [6, 6.07) is 12.9. The van der Waals surface area contributed by atoms with Gasteiger partial charge in [-0.3, -0.25) is 4.79 Å². The molecule has 0 radical (unpaired) electrons. The van der Waals surface area contributed by atoms with Crippen molar-refractivity contribution in [3.63, 3.8) is 0 Å². The Balaban J connectivity index is 1.62. The smallest absolute Gasteiger partial charge is 0.330 e. The Morgan fingerprint density at radius 1 is 1.09 bits per heavy atom. The van der Waals surface area contributed by atoms with Crippen LogP contribution in [0.4, 0.5) is 11.8 Å². The lowest BCUT2D eigenvalue weighted by atomic mass is 9.96. The number of fused-ring (bicyclic) bond motifs is 1. The molecule has 3 rings (SSSR count). The van der Waals surface area contributed by atoms with E-state index in [1.807, 2.05) is 30.3 Å². The number of carbonyl (C=O) groups is 2. The SMILES string of the molecule is C=C(CC(C=NC(=O)c1ccc(CCc2ccc3nc(N)nc(N)c3c2)cc1)C(C)O)C(=O)O. The number of amides is 1. The average molecular weight is 462 g/mol.